The molecule has 0 radical (unpaired) electrons. The smallest absolute Gasteiger partial charge is 0.416 e. The standard InChI is InChI=1S/C25H25F3N2O3/c1-32-19-10-16(11-19)24(31)30-23-13-29-22-7-6-18(12-21(22)23)33-20-8-15(9-20)14-2-4-17(5-3-14)25(26,27)28/h2-7,12-13,15-16,19-20,29H,8-11H2,1H3,(H,30,31). The molecule has 1 amide bonds. The van der Waals surface area contributed by atoms with E-state index in [1.807, 2.05) is 18.2 Å². The van der Waals surface area contributed by atoms with Crippen molar-refractivity contribution in [1.29, 1.82) is 0 Å². The van der Waals surface area contributed by atoms with Gasteiger partial charge in [0.15, 0.2) is 0 Å². The van der Waals surface area contributed by atoms with Crippen molar-refractivity contribution in [3.63, 3.8) is 0 Å². The van der Waals surface area contributed by atoms with Gasteiger partial charge in [0.25, 0.3) is 0 Å². The Morgan fingerprint density at radius 1 is 1.03 bits per heavy atom. The molecular weight excluding hydrogens is 433 g/mol. The summed E-state index contributed by atoms with van der Waals surface area (Å²) in [5.41, 5.74) is 1.90. The molecule has 1 aromatic heterocycles. The van der Waals surface area contributed by atoms with Gasteiger partial charge in [0, 0.05) is 30.1 Å². The van der Waals surface area contributed by atoms with Crippen LogP contribution in [0.1, 0.15) is 42.7 Å². The first-order valence-corrected chi connectivity index (χ1v) is 11.1. The third-order valence-corrected chi connectivity index (χ3v) is 6.82. The SMILES string of the molecule is COC1CC(C(=O)Nc2c[nH]c3ccc(OC4CC(c5ccc(C(F)(F)F)cc5)C4)cc23)C1. The van der Waals surface area contributed by atoms with E-state index in [1.165, 1.54) is 0 Å². The summed E-state index contributed by atoms with van der Waals surface area (Å²) < 4.78 is 49.6. The summed E-state index contributed by atoms with van der Waals surface area (Å²) in [5.74, 6) is 0.864. The third-order valence-electron chi connectivity index (χ3n) is 6.82. The second-order valence-corrected chi connectivity index (χ2v) is 8.95. The van der Waals surface area contributed by atoms with Crippen molar-refractivity contribution in [1.82, 2.24) is 4.98 Å². The first-order valence-electron chi connectivity index (χ1n) is 11.1. The summed E-state index contributed by atoms with van der Waals surface area (Å²) in [4.78, 5) is 15.7. The van der Waals surface area contributed by atoms with Gasteiger partial charge in [0.05, 0.1) is 23.5 Å². The lowest BCUT2D eigenvalue weighted by atomic mass is 9.77. The van der Waals surface area contributed by atoms with Crippen LogP contribution in [-0.4, -0.2) is 30.2 Å². The number of fused-ring (bicyclic) bond motifs is 1. The minimum Gasteiger partial charge on any atom is -0.490 e. The van der Waals surface area contributed by atoms with Crippen molar-refractivity contribution in [3.8, 4) is 5.75 Å². The van der Waals surface area contributed by atoms with Gasteiger partial charge in [-0.3, -0.25) is 4.79 Å². The lowest BCUT2D eigenvalue weighted by Gasteiger charge is -2.36. The number of carbonyl (C=O) groups is 1. The number of hydrogen-bond donors (Lipinski definition) is 2. The van der Waals surface area contributed by atoms with E-state index in [4.69, 9.17) is 9.47 Å². The predicted octanol–water partition coefficient (Wildman–Crippen LogP) is 5.88. The molecule has 0 unspecified atom stereocenters. The molecule has 174 valence electrons. The van der Waals surface area contributed by atoms with Gasteiger partial charge in [-0.15, -0.1) is 0 Å². The molecule has 0 aliphatic heterocycles. The molecule has 0 saturated heterocycles. The molecule has 2 aliphatic rings. The van der Waals surface area contributed by atoms with Crippen molar-refractivity contribution in [2.24, 2.45) is 5.92 Å². The largest absolute Gasteiger partial charge is 0.490 e. The van der Waals surface area contributed by atoms with Gasteiger partial charge in [0.2, 0.25) is 5.91 Å². The van der Waals surface area contributed by atoms with Crippen LogP contribution < -0.4 is 10.1 Å². The number of benzene rings is 2. The van der Waals surface area contributed by atoms with Gasteiger partial charge in [-0.05, 0) is 67.5 Å². The van der Waals surface area contributed by atoms with Crippen LogP contribution in [0.2, 0.25) is 0 Å². The zero-order valence-corrected chi connectivity index (χ0v) is 18.1. The van der Waals surface area contributed by atoms with E-state index >= 15 is 0 Å². The summed E-state index contributed by atoms with van der Waals surface area (Å²) in [7, 11) is 1.66. The highest BCUT2D eigenvalue weighted by atomic mass is 19.4. The van der Waals surface area contributed by atoms with Crippen molar-refractivity contribution in [2.75, 3.05) is 12.4 Å². The van der Waals surface area contributed by atoms with Crippen molar-refractivity contribution >= 4 is 22.5 Å². The Kier molecular flexibility index (Phi) is 5.56. The lowest BCUT2D eigenvalue weighted by Crippen LogP contribution is -2.38. The zero-order valence-electron chi connectivity index (χ0n) is 18.1. The van der Waals surface area contributed by atoms with Crippen LogP contribution in [0.3, 0.4) is 0 Å². The number of methoxy groups -OCH3 is 1. The first-order chi connectivity index (χ1) is 15.8. The Hall–Kier alpha value is -3.00. The fraction of sp³-hybridized carbons (Fsp3) is 0.400. The number of carbonyl (C=O) groups excluding carboxylic acids is 1. The second-order valence-electron chi connectivity index (χ2n) is 8.95. The fourth-order valence-corrected chi connectivity index (χ4v) is 4.55. The number of hydrogen-bond acceptors (Lipinski definition) is 3. The molecular formula is C25H25F3N2O3. The number of aromatic amines is 1. The molecule has 8 heteroatoms. The molecule has 2 fully saturated rings. The molecule has 0 atom stereocenters. The maximum Gasteiger partial charge on any atom is 0.416 e. The molecule has 1 heterocycles. The van der Waals surface area contributed by atoms with Gasteiger partial charge in [-0.1, -0.05) is 12.1 Å². The van der Waals surface area contributed by atoms with Crippen LogP contribution in [0.15, 0.2) is 48.7 Å². The monoisotopic (exact) mass is 458 g/mol. The Morgan fingerprint density at radius 3 is 2.42 bits per heavy atom. The summed E-state index contributed by atoms with van der Waals surface area (Å²) >= 11 is 0. The molecule has 5 nitrogen and oxygen atoms in total. The van der Waals surface area contributed by atoms with Crippen molar-refractivity contribution < 1.29 is 27.4 Å². The molecule has 3 aromatic rings. The second kappa shape index (κ2) is 8.41. The van der Waals surface area contributed by atoms with Gasteiger partial charge >= 0.3 is 6.18 Å². The number of H-pyrrole nitrogens is 1. The van der Waals surface area contributed by atoms with E-state index in [-0.39, 0.29) is 30.0 Å². The highest BCUT2D eigenvalue weighted by Gasteiger charge is 2.35. The Morgan fingerprint density at radius 2 is 1.76 bits per heavy atom. The number of halogens is 3. The molecule has 0 bridgehead atoms. The topological polar surface area (TPSA) is 63.3 Å². The number of aromatic nitrogens is 1. The van der Waals surface area contributed by atoms with Gasteiger partial charge in [0.1, 0.15) is 5.75 Å². The number of rotatable bonds is 6. The Labute approximate surface area is 189 Å². The van der Waals surface area contributed by atoms with Crippen molar-refractivity contribution in [3.05, 3.63) is 59.8 Å². The van der Waals surface area contributed by atoms with E-state index in [1.54, 1.807) is 25.4 Å². The maximum atomic E-state index is 12.7. The number of amides is 1. The number of ether oxygens (including phenoxy) is 2. The van der Waals surface area contributed by atoms with Gasteiger partial charge in [-0.25, -0.2) is 0 Å². The molecule has 2 aliphatic carbocycles. The molecule has 0 spiro atoms. The highest BCUT2D eigenvalue weighted by molar-refractivity contribution is 6.03. The first kappa shape index (κ1) is 21.8. The van der Waals surface area contributed by atoms with Crippen LogP contribution in [0, 0.1) is 5.92 Å². The van der Waals surface area contributed by atoms with Gasteiger partial charge in [-0.2, -0.15) is 13.2 Å². The van der Waals surface area contributed by atoms with Crippen LogP contribution in [0.25, 0.3) is 10.9 Å². The zero-order chi connectivity index (χ0) is 23.2. The lowest BCUT2D eigenvalue weighted by molar-refractivity contribution is -0.137. The number of alkyl halides is 3. The predicted molar refractivity (Wildman–Crippen MR) is 118 cm³/mol. The quantitative estimate of drug-likeness (QED) is 0.485. The van der Waals surface area contributed by atoms with E-state index in [0.29, 0.717) is 5.75 Å². The normalized spacial score (nSPS) is 24.7. The van der Waals surface area contributed by atoms with E-state index in [9.17, 15) is 18.0 Å². The number of nitrogens with one attached hydrogen (secondary N) is 2. The highest BCUT2D eigenvalue weighted by Crippen LogP contribution is 2.41. The van der Waals surface area contributed by atoms with Crippen LogP contribution in [0.4, 0.5) is 18.9 Å². The third kappa shape index (κ3) is 4.44. The van der Waals surface area contributed by atoms with Crippen LogP contribution in [-0.2, 0) is 15.7 Å². The summed E-state index contributed by atoms with van der Waals surface area (Å²) in [6.07, 6.45) is 0.615. The molecule has 2 saturated carbocycles. The van der Waals surface area contributed by atoms with E-state index < -0.39 is 11.7 Å². The molecule has 2 N–H and O–H groups in total. The minimum absolute atomic E-state index is 0.00565. The summed E-state index contributed by atoms with van der Waals surface area (Å²) in [6.45, 7) is 0. The Bertz CT molecular complexity index is 1140. The van der Waals surface area contributed by atoms with E-state index in [2.05, 4.69) is 10.3 Å². The molecule has 2 aromatic carbocycles. The van der Waals surface area contributed by atoms with E-state index in [0.717, 1.165) is 60.0 Å². The average Bonchev–Trinajstić information content (AvgIpc) is 3.11. The van der Waals surface area contributed by atoms with Crippen LogP contribution in [0.5, 0.6) is 5.75 Å². The maximum absolute atomic E-state index is 12.7. The molecule has 33 heavy (non-hydrogen) atoms. The minimum atomic E-state index is -4.32. The molecule has 5 rings (SSSR count). The number of anilines is 1. The summed E-state index contributed by atoms with van der Waals surface area (Å²) in [6, 6.07) is 11.1. The Balaban J connectivity index is 1.19. The average molecular weight is 458 g/mol. The summed E-state index contributed by atoms with van der Waals surface area (Å²) in [5, 5.41) is 3.88. The van der Waals surface area contributed by atoms with Gasteiger partial charge < -0.3 is 19.8 Å². The van der Waals surface area contributed by atoms with Crippen molar-refractivity contribution in [2.45, 2.75) is 50.0 Å². The van der Waals surface area contributed by atoms with Crippen LogP contribution >= 0.6 is 0 Å². The fourth-order valence-electron chi connectivity index (χ4n) is 4.55.